The molecular formula is C30H41N5O6. The number of methoxy groups -OCH3 is 2. The van der Waals surface area contributed by atoms with Crippen LogP contribution in [-0.2, 0) is 19.1 Å². The molecule has 11 heteroatoms. The number of primary amides is 1. The van der Waals surface area contributed by atoms with Crippen LogP contribution in [0.25, 0.3) is 0 Å². The van der Waals surface area contributed by atoms with Crippen LogP contribution in [0.3, 0.4) is 0 Å². The molecule has 0 radical (unpaired) electrons. The number of rotatable bonds is 10. The smallest absolute Gasteiger partial charge is 0.244 e. The molecule has 11 nitrogen and oxygen atoms in total. The summed E-state index contributed by atoms with van der Waals surface area (Å²) in [6.45, 7) is 7.10. The number of aliphatic hydroxyl groups is 1. The number of ether oxygens (including phenoxy) is 2. The van der Waals surface area contributed by atoms with Crippen molar-refractivity contribution >= 4 is 17.6 Å². The average Bonchev–Trinajstić information content (AvgIpc) is 3.59. The van der Waals surface area contributed by atoms with Crippen LogP contribution in [0.1, 0.15) is 68.8 Å². The molecule has 2 aliphatic rings. The van der Waals surface area contributed by atoms with Crippen molar-refractivity contribution in [1.29, 1.82) is 5.26 Å². The van der Waals surface area contributed by atoms with Gasteiger partial charge in [0.1, 0.15) is 11.5 Å². The predicted octanol–water partition coefficient (Wildman–Crippen LogP) is 2.74. The molecule has 2 amide bonds. The summed E-state index contributed by atoms with van der Waals surface area (Å²) < 4.78 is 16.6. The number of nitrogens with zero attached hydrogens (tertiary/aromatic N) is 4. The van der Waals surface area contributed by atoms with Crippen LogP contribution < -0.4 is 10.6 Å². The number of amides is 2. The quantitative estimate of drug-likeness (QED) is 0.412. The Hall–Kier alpha value is -3.46. The Balaban J connectivity index is 1.60. The molecule has 4 atom stereocenters. The second kappa shape index (κ2) is 12.6. The molecule has 0 bridgehead atoms. The van der Waals surface area contributed by atoms with E-state index in [-0.39, 0.29) is 37.0 Å². The van der Waals surface area contributed by atoms with Crippen molar-refractivity contribution < 1.29 is 28.7 Å². The second-order valence-corrected chi connectivity index (χ2v) is 11.5. The van der Waals surface area contributed by atoms with Crippen LogP contribution in [-0.4, -0.2) is 78.8 Å². The third-order valence-electron chi connectivity index (χ3n) is 8.84. The van der Waals surface area contributed by atoms with Gasteiger partial charge in [-0.3, -0.25) is 9.59 Å². The van der Waals surface area contributed by atoms with E-state index in [4.69, 9.17) is 19.7 Å². The van der Waals surface area contributed by atoms with E-state index in [1.165, 1.54) is 4.90 Å². The summed E-state index contributed by atoms with van der Waals surface area (Å²) in [5, 5.41) is 24.3. The molecule has 2 unspecified atom stereocenters. The normalized spacial score (nSPS) is 23.1. The van der Waals surface area contributed by atoms with Crippen molar-refractivity contribution in [2.45, 2.75) is 69.8 Å². The molecule has 1 aromatic carbocycles. The molecule has 222 valence electrons. The second-order valence-electron chi connectivity index (χ2n) is 11.5. The summed E-state index contributed by atoms with van der Waals surface area (Å²) >= 11 is 0. The highest BCUT2D eigenvalue weighted by atomic mass is 16.7. The maximum atomic E-state index is 14.3. The Bertz CT molecular complexity index is 1240. The first-order valence-electron chi connectivity index (χ1n) is 14.1. The Morgan fingerprint density at radius 1 is 1.17 bits per heavy atom. The number of hydrogen-bond acceptors (Lipinski definition) is 9. The number of nitriles is 1. The molecule has 1 aromatic heterocycles. The van der Waals surface area contributed by atoms with Crippen molar-refractivity contribution in [2.75, 3.05) is 38.8 Å². The van der Waals surface area contributed by atoms with E-state index in [1.807, 2.05) is 20.8 Å². The largest absolute Gasteiger partial charge is 0.391 e. The van der Waals surface area contributed by atoms with Crippen LogP contribution in [0.15, 0.2) is 34.9 Å². The van der Waals surface area contributed by atoms with E-state index in [0.29, 0.717) is 17.1 Å². The van der Waals surface area contributed by atoms with Gasteiger partial charge in [0.15, 0.2) is 17.9 Å². The first-order valence-corrected chi connectivity index (χ1v) is 14.1. The molecular weight excluding hydrogens is 526 g/mol. The maximum Gasteiger partial charge on any atom is 0.244 e. The van der Waals surface area contributed by atoms with Gasteiger partial charge in [-0.1, -0.05) is 38.1 Å². The van der Waals surface area contributed by atoms with Crippen molar-refractivity contribution in [2.24, 2.45) is 17.6 Å². The molecule has 2 aliphatic heterocycles. The fraction of sp³-hybridized carbons (Fsp3) is 0.600. The minimum absolute atomic E-state index is 0.0145. The fourth-order valence-electron chi connectivity index (χ4n) is 6.53. The van der Waals surface area contributed by atoms with Crippen LogP contribution in [0, 0.1) is 23.2 Å². The molecule has 0 aliphatic carbocycles. The maximum absolute atomic E-state index is 14.3. The summed E-state index contributed by atoms with van der Waals surface area (Å²) in [5.41, 5.74) is 5.80. The third-order valence-corrected chi connectivity index (χ3v) is 8.84. The van der Waals surface area contributed by atoms with Crippen LogP contribution in [0.2, 0.25) is 0 Å². The van der Waals surface area contributed by atoms with Gasteiger partial charge in [0.25, 0.3) is 0 Å². The molecule has 3 N–H and O–H groups in total. The number of hydrogen-bond donors (Lipinski definition) is 2. The first kappa shape index (κ1) is 30.5. The Morgan fingerprint density at radius 3 is 2.34 bits per heavy atom. The topological polar surface area (TPSA) is 155 Å². The number of nitrogens with two attached hydrogens (primary N) is 1. The van der Waals surface area contributed by atoms with E-state index >= 15 is 0 Å². The van der Waals surface area contributed by atoms with E-state index in [1.54, 1.807) is 44.6 Å². The van der Waals surface area contributed by atoms with Gasteiger partial charge < -0.3 is 34.6 Å². The van der Waals surface area contributed by atoms with Crippen molar-refractivity contribution in [3.63, 3.8) is 0 Å². The summed E-state index contributed by atoms with van der Waals surface area (Å²) in [6, 6.07) is 10.7. The molecule has 4 rings (SSSR count). The summed E-state index contributed by atoms with van der Waals surface area (Å²) in [7, 11) is 3.29. The number of aromatic nitrogens is 1. The third kappa shape index (κ3) is 5.82. The molecule has 0 spiro atoms. The van der Waals surface area contributed by atoms with E-state index < -0.39 is 29.4 Å². The van der Waals surface area contributed by atoms with Crippen LogP contribution in [0.4, 0.5) is 5.82 Å². The van der Waals surface area contributed by atoms with E-state index in [9.17, 15) is 20.0 Å². The molecule has 41 heavy (non-hydrogen) atoms. The molecule has 2 saturated heterocycles. The Morgan fingerprint density at radius 2 is 1.80 bits per heavy atom. The van der Waals surface area contributed by atoms with Gasteiger partial charge in [-0.2, -0.15) is 5.26 Å². The lowest BCUT2D eigenvalue weighted by Gasteiger charge is -2.42. The molecule has 3 heterocycles. The number of likely N-dealkylation sites (tertiary alicyclic amines) is 1. The minimum atomic E-state index is -1.46. The summed E-state index contributed by atoms with van der Waals surface area (Å²) in [5.74, 6) is -1.16. The number of aliphatic hydroxyl groups excluding tert-OH is 1. The number of benzene rings is 1. The highest BCUT2D eigenvalue weighted by Crippen LogP contribution is 2.44. The van der Waals surface area contributed by atoms with Crippen molar-refractivity contribution in [3.8, 4) is 6.07 Å². The first-order chi connectivity index (χ1) is 19.6. The molecule has 2 aromatic rings. The Kier molecular flexibility index (Phi) is 9.37. The molecule has 0 saturated carbocycles. The highest BCUT2D eigenvalue weighted by Gasteiger charge is 2.57. The standard InChI is InChI=1S/C30H41N5O6/c1-18(2)26(24-14-25(33-41-24)34-12-10-22(11-13-34)28(39-4)40-5)27(37)35-17-23(36)15-30(35,29(32)38)19(3)21-8-6-20(16-31)7-9-21/h6-9,14,18-19,22-23,26,28,36H,10-13,15,17H2,1-5H3,(H2,32,38)/t19-,23?,26+,30?/m0/s1. The highest BCUT2D eigenvalue weighted by molar-refractivity contribution is 5.94. The number of anilines is 1. The number of carbonyl (C=O) groups is 2. The summed E-state index contributed by atoms with van der Waals surface area (Å²) in [4.78, 5) is 31.0. The number of β-amino-alcohol motifs (C(OH)–C–C–N with tert-alkyl or cyclic N) is 1. The van der Waals surface area contributed by atoms with Gasteiger partial charge in [0, 0.05) is 58.2 Å². The van der Waals surface area contributed by atoms with Crippen molar-refractivity contribution in [3.05, 3.63) is 47.2 Å². The van der Waals surface area contributed by atoms with Gasteiger partial charge in [-0.15, -0.1) is 0 Å². The lowest BCUT2D eigenvalue weighted by molar-refractivity contribution is -0.147. The zero-order valence-electron chi connectivity index (χ0n) is 24.4. The SMILES string of the molecule is COC(OC)C1CCN(c2cc([C@H](C(=O)N3CC(O)CC3(C(N)=O)[C@@H](C)c3ccc(C#N)cc3)C(C)C)on2)CC1. The van der Waals surface area contributed by atoms with E-state index in [0.717, 1.165) is 31.5 Å². The Labute approximate surface area is 241 Å². The molecule has 2 fully saturated rings. The van der Waals surface area contributed by atoms with Gasteiger partial charge in [0.05, 0.1) is 17.7 Å². The fourth-order valence-corrected chi connectivity index (χ4v) is 6.53. The monoisotopic (exact) mass is 567 g/mol. The zero-order valence-corrected chi connectivity index (χ0v) is 24.4. The summed E-state index contributed by atoms with van der Waals surface area (Å²) in [6.07, 6.45) is 0.568. The lowest BCUT2D eigenvalue weighted by Crippen LogP contribution is -2.60. The van der Waals surface area contributed by atoms with Gasteiger partial charge in [-0.25, -0.2) is 0 Å². The lowest BCUT2D eigenvalue weighted by atomic mass is 9.76. The minimum Gasteiger partial charge on any atom is -0.391 e. The number of carbonyl (C=O) groups excluding carboxylic acids is 2. The van der Waals surface area contributed by atoms with Gasteiger partial charge in [-0.05, 0) is 36.5 Å². The van der Waals surface area contributed by atoms with Crippen LogP contribution >= 0.6 is 0 Å². The zero-order chi connectivity index (χ0) is 29.9. The number of piperidine rings is 1. The van der Waals surface area contributed by atoms with Crippen molar-refractivity contribution in [1.82, 2.24) is 10.1 Å². The van der Waals surface area contributed by atoms with E-state index in [2.05, 4.69) is 16.1 Å². The van der Waals surface area contributed by atoms with Gasteiger partial charge in [0.2, 0.25) is 11.8 Å². The predicted molar refractivity (Wildman–Crippen MR) is 151 cm³/mol. The average molecular weight is 568 g/mol. The van der Waals surface area contributed by atoms with Gasteiger partial charge >= 0.3 is 0 Å². The van der Waals surface area contributed by atoms with Crippen LogP contribution in [0.5, 0.6) is 0 Å².